The van der Waals surface area contributed by atoms with Crippen LogP contribution in [0.25, 0.3) is 17.1 Å². The molecule has 11 nitrogen and oxygen atoms in total. The van der Waals surface area contributed by atoms with Gasteiger partial charge in [0.25, 0.3) is 0 Å². The molecule has 0 radical (unpaired) electrons. The maximum atomic E-state index is 13.9. The zero-order chi connectivity index (χ0) is 28.9. The van der Waals surface area contributed by atoms with Crippen molar-refractivity contribution in [3.63, 3.8) is 0 Å². The third-order valence-electron chi connectivity index (χ3n) is 6.24. The maximum absolute atomic E-state index is 13.9. The van der Waals surface area contributed by atoms with Gasteiger partial charge in [-0.15, -0.1) is 5.10 Å². The average Bonchev–Trinajstić information content (AvgIpc) is 3.50. The lowest BCUT2D eigenvalue weighted by molar-refractivity contribution is -0.210. The van der Waals surface area contributed by atoms with Gasteiger partial charge in [0.1, 0.15) is 47.7 Å². The molecule has 0 unspecified atom stereocenters. The van der Waals surface area contributed by atoms with Crippen LogP contribution in [0.1, 0.15) is 29.4 Å². The molecule has 1 saturated heterocycles. The fourth-order valence-electron chi connectivity index (χ4n) is 4.47. The molecule has 17 heteroatoms. The smallest absolute Gasteiger partial charge is 0.394 e. The molecule has 5 atom stereocenters. The number of aromatic nitrogens is 7. The topological polar surface area (TPSA) is 144 Å². The van der Waals surface area contributed by atoms with Crippen molar-refractivity contribution in [1.82, 2.24) is 34.7 Å². The predicted molar refractivity (Wildman–Crippen MR) is 135 cm³/mol. The zero-order valence-corrected chi connectivity index (χ0v) is 22.5. The summed E-state index contributed by atoms with van der Waals surface area (Å²) in [5.41, 5.74) is -1.12. The molecule has 1 aliphatic heterocycles. The zero-order valence-electron chi connectivity index (χ0n) is 20.2. The van der Waals surface area contributed by atoms with E-state index in [1.165, 1.54) is 25.4 Å². The van der Waals surface area contributed by atoms with Gasteiger partial charge in [-0.25, -0.2) is 14.3 Å². The Bertz CT molecular complexity index is 1550. The van der Waals surface area contributed by atoms with Gasteiger partial charge in [0.2, 0.25) is 0 Å². The molecule has 4 heterocycles. The third kappa shape index (κ3) is 5.28. The number of aryl methyl sites for hydroxylation is 1. The van der Waals surface area contributed by atoms with Crippen LogP contribution in [0.5, 0.6) is 0 Å². The minimum absolute atomic E-state index is 0.00152. The van der Waals surface area contributed by atoms with Crippen LogP contribution in [0.15, 0.2) is 36.7 Å². The first kappa shape index (κ1) is 28.7. The lowest BCUT2D eigenvalue weighted by atomic mass is 9.92. The van der Waals surface area contributed by atoms with Gasteiger partial charge in [0.15, 0.2) is 5.82 Å². The second-order valence-electron chi connectivity index (χ2n) is 8.91. The van der Waals surface area contributed by atoms with Gasteiger partial charge in [-0.05, 0) is 31.2 Å². The van der Waals surface area contributed by atoms with E-state index >= 15 is 0 Å². The van der Waals surface area contributed by atoms with E-state index in [0.717, 1.165) is 27.6 Å². The molecule has 0 spiro atoms. The molecule has 212 valence electrons. The van der Waals surface area contributed by atoms with Crippen LogP contribution in [0.3, 0.4) is 0 Å². The fraction of sp³-hybridized carbons (Fsp3) is 0.348. The van der Waals surface area contributed by atoms with Gasteiger partial charge in [0, 0.05) is 11.2 Å². The van der Waals surface area contributed by atoms with Crippen molar-refractivity contribution < 1.29 is 33.2 Å². The number of halogens is 6. The number of aliphatic hydroxyl groups is 3. The highest BCUT2D eigenvalue weighted by molar-refractivity contribution is 6.36. The Hall–Kier alpha value is -2.85. The highest BCUT2D eigenvalue weighted by Crippen LogP contribution is 2.41. The predicted octanol–water partition coefficient (Wildman–Crippen LogP) is 3.60. The molecule has 3 N–H and O–H groups in total. The first-order valence-corrected chi connectivity index (χ1v) is 12.7. The number of hydrogen-bond acceptors (Lipinski definition) is 9. The molecule has 1 aromatic carbocycles. The minimum Gasteiger partial charge on any atom is -0.394 e. The fourth-order valence-corrected chi connectivity index (χ4v) is 5.12. The highest BCUT2D eigenvalue weighted by Gasteiger charge is 2.49. The van der Waals surface area contributed by atoms with Crippen molar-refractivity contribution in [3.05, 3.63) is 68.9 Å². The Balaban J connectivity index is 1.58. The number of hydrogen-bond donors (Lipinski definition) is 3. The Morgan fingerprint density at radius 3 is 2.50 bits per heavy atom. The standard InChI is InChI=1S/C23H19Cl3F3N7O4/c1-9-31-22(36(33-9)15-5-10(24)2-3-12(15)23(27,28)29)21-20(39)18(19(38)16(8-37)40-21)35-7-14(32-34-35)17-13(26)4-11(25)6-30-17/h2-7,16,18-21,37-39H,8H2,1H3/t16-,18+,19+,20-,21-/m1/s1. The number of benzene rings is 1. The number of nitrogens with zero attached hydrogens (tertiary/aromatic N) is 7. The van der Waals surface area contributed by atoms with E-state index in [4.69, 9.17) is 39.5 Å². The normalized spacial score (nSPS) is 23.5. The number of alkyl halides is 3. The maximum Gasteiger partial charge on any atom is 0.418 e. The minimum atomic E-state index is -4.77. The van der Waals surface area contributed by atoms with Crippen molar-refractivity contribution in [2.24, 2.45) is 0 Å². The molecule has 40 heavy (non-hydrogen) atoms. The van der Waals surface area contributed by atoms with Crippen LogP contribution < -0.4 is 0 Å². The Morgan fingerprint density at radius 2 is 1.82 bits per heavy atom. The quantitative estimate of drug-likeness (QED) is 0.305. The molecule has 3 aromatic heterocycles. The monoisotopic (exact) mass is 619 g/mol. The largest absolute Gasteiger partial charge is 0.418 e. The average molecular weight is 621 g/mol. The van der Waals surface area contributed by atoms with Crippen LogP contribution in [0.2, 0.25) is 15.1 Å². The summed E-state index contributed by atoms with van der Waals surface area (Å²) in [4.78, 5) is 8.34. The van der Waals surface area contributed by atoms with Gasteiger partial charge < -0.3 is 20.1 Å². The number of aliphatic hydroxyl groups excluding tert-OH is 3. The van der Waals surface area contributed by atoms with Gasteiger partial charge in [-0.1, -0.05) is 40.0 Å². The van der Waals surface area contributed by atoms with Crippen LogP contribution in [-0.2, 0) is 10.9 Å². The molecule has 0 amide bonds. The van der Waals surface area contributed by atoms with E-state index in [9.17, 15) is 28.5 Å². The summed E-state index contributed by atoms with van der Waals surface area (Å²) in [7, 11) is 0. The first-order valence-electron chi connectivity index (χ1n) is 11.6. The second-order valence-corrected chi connectivity index (χ2v) is 10.2. The summed E-state index contributed by atoms with van der Waals surface area (Å²) < 4.78 is 49.4. The Kier molecular flexibility index (Phi) is 7.78. The molecule has 0 aliphatic carbocycles. The molecule has 1 fully saturated rings. The summed E-state index contributed by atoms with van der Waals surface area (Å²) in [6, 6.07) is 3.09. The number of ether oxygens (including phenoxy) is 1. The molecule has 4 aromatic rings. The van der Waals surface area contributed by atoms with Crippen molar-refractivity contribution in [3.8, 4) is 17.1 Å². The van der Waals surface area contributed by atoms with Gasteiger partial charge in [0.05, 0.1) is 34.1 Å². The van der Waals surface area contributed by atoms with E-state index in [0.29, 0.717) is 0 Å². The third-order valence-corrected chi connectivity index (χ3v) is 6.97. The van der Waals surface area contributed by atoms with E-state index in [-0.39, 0.29) is 38.1 Å². The van der Waals surface area contributed by atoms with Crippen LogP contribution >= 0.6 is 34.8 Å². The Morgan fingerprint density at radius 1 is 1.07 bits per heavy atom. The molecular weight excluding hydrogens is 602 g/mol. The summed E-state index contributed by atoms with van der Waals surface area (Å²) in [6.45, 7) is 0.737. The van der Waals surface area contributed by atoms with E-state index in [1.54, 1.807) is 0 Å². The summed E-state index contributed by atoms with van der Waals surface area (Å²) >= 11 is 18.1. The Labute approximate surface area is 238 Å². The SMILES string of the molecule is Cc1nc([C@@H]2O[C@H](CO)[C@H](O)[C@H](n3cc(-c4ncc(Cl)cc4Cl)nn3)[C@H]2O)n(-c2cc(Cl)ccc2C(F)(F)F)n1. The molecular formula is C23H19Cl3F3N7O4. The van der Waals surface area contributed by atoms with Gasteiger partial charge in [-0.2, -0.15) is 18.3 Å². The lowest BCUT2D eigenvalue weighted by Crippen LogP contribution is -2.53. The van der Waals surface area contributed by atoms with Gasteiger partial charge in [-0.3, -0.25) is 4.98 Å². The molecule has 0 saturated carbocycles. The molecule has 1 aliphatic rings. The van der Waals surface area contributed by atoms with Crippen LogP contribution in [0, 0.1) is 6.92 Å². The van der Waals surface area contributed by atoms with E-state index in [2.05, 4.69) is 25.4 Å². The highest BCUT2D eigenvalue weighted by atomic mass is 35.5. The van der Waals surface area contributed by atoms with Crippen LogP contribution in [0.4, 0.5) is 13.2 Å². The summed E-state index contributed by atoms with van der Waals surface area (Å²) in [6.07, 6.45) is -8.02. The number of rotatable bonds is 5. The van der Waals surface area contributed by atoms with Crippen molar-refractivity contribution >= 4 is 34.8 Å². The van der Waals surface area contributed by atoms with Crippen molar-refractivity contribution in [1.29, 1.82) is 0 Å². The van der Waals surface area contributed by atoms with Gasteiger partial charge >= 0.3 is 6.18 Å². The second kappa shape index (κ2) is 10.9. The summed E-state index contributed by atoms with van der Waals surface area (Å²) in [5, 5.41) is 44.9. The van der Waals surface area contributed by atoms with Crippen molar-refractivity contribution in [2.45, 2.75) is 43.6 Å². The van der Waals surface area contributed by atoms with Crippen molar-refractivity contribution in [2.75, 3.05) is 6.61 Å². The first-order chi connectivity index (χ1) is 18.9. The van der Waals surface area contributed by atoms with Crippen LogP contribution in [-0.4, -0.2) is 75.0 Å². The van der Waals surface area contributed by atoms with E-state index < -0.39 is 54.5 Å². The molecule has 0 bridgehead atoms. The molecule has 5 rings (SSSR count). The lowest BCUT2D eigenvalue weighted by Gasteiger charge is -2.41. The summed E-state index contributed by atoms with van der Waals surface area (Å²) in [5.74, 6) is -0.163. The number of pyridine rings is 1. The van der Waals surface area contributed by atoms with E-state index in [1.807, 2.05) is 0 Å².